The fourth-order valence-corrected chi connectivity index (χ4v) is 1.45. The van der Waals surface area contributed by atoms with Gasteiger partial charge in [-0.2, -0.15) is 0 Å². The lowest BCUT2D eigenvalue weighted by molar-refractivity contribution is -0.148. The van der Waals surface area contributed by atoms with Crippen LogP contribution >= 0.6 is 0 Å². The molecule has 0 heterocycles. The number of nitrogens with one attached hydrogen (secondary N) is 1. The summed E-state index contributed by atoms with van der Waals surface area (Å²) in [7, 11) is 0. The zero-order valence-corrected chi connectivity index (χ0v) is 11.2. The smallest absolute Gasteiger partial charge is 0.311 e. The van der Waals surface area contributed by atoms with Crippen LogP contribution in [-0.2, 0) is 9.59 Å². The maximum absolute atomic E-state index is 11.5. The highest BCUT2D eigenvalue weighted by Gasteiger charge is 2.31. The minimum absolute atomic E-state index is 0.0398. The minimum atomic E-state index is -0.855. The first-order chi connectivity index (χ1) is 7.96. The molecule has 0 aliphatic heterocycles. The Morgan fingerprint density at radius 3 is 2.29 bits per heavy atom. The Morgan fingerprint density at radius 1 is 1.18 bits per heavy atom. The zero-order valence-electron chi connectivity index (χ0n) is 11.2. The van der Waals surface area contributed by atoms with Crippen LogP contribution in [0.2, 0.25) is 0 Å². The van der Waals surface area contributed by atoms with Crippen molar-refractivity contribution in [3.8, 4) is 0 Å². The number of carbonyl (C=O) groups excluding carboxylic acids is 1. The van der Waals surface area contributed by atoms with Crippen LogP contribution < -0.4 is 5.32 Å². The quantitative estimate of drug-likeness (QED) is 0.612. The Labute approximate surface area is 104 Å². The molecular weight excluding hydrogens is 218 g/mol. The van der Waals surface area contributed by atoms with Gasteiger partial charge >= 0.3 is 5.97 Å². The minimum Gasteiger partial charge on any atom is -0.481 e. The standard InChI is InChI=1S/C13H25NO3/c1-4-6-7-8-9-11(15)14-10-13(3,5-2)12(16)17/h4-10H2,1-3H3,(H,14,15)(H,16,17). The summed E-state index contributed by atoms with van der Waals surface area (Å²) in [6.45, 7) is 5.82. The number of unbranched alkanes of at least 4 members (excludes halogenated alkanes) is 3. The molecule has 0 saturated carbocycles. The van der Waals surface area contributed by atoms with Crippen LogP contribution in [0.1, 0.15) is 59.3 Å². The predicted octanol–water partition coefficient (Wildman–Crippen LogP) is 2.57. The monoisotopic (exact) mass is 243 g/mol. The first-order valence-corrected chi connectivity index (χ1v) is 6.46. The molecular formula is C13H25NO3. The molecule has 17 heavy (non-hydrogen) atoms. The SMILES string of the molecule is CCCCCCC(=O)NCC(C)(CC)C(=O)O. The molecule has 0 rings (SSSR count). The zero-order chi connectivity index (χ0) is 13.3. The second kappa shape index (κ2) is 8.09. The van der Waals surface area contributed by atoms with E-state index in [1.165, 1.54) is 0 Å². The van der Waals surface area contributed by atoms with Crippen molar-refractivity contribution in [3.63, 3.8) is 0 Å². The molecule has 2 N–H and O–H groups in total. The molecule has 0 aromatic rings. The van der Waals surface area contributed by atoms with Crippen LogP contribution in [0.25, 0.3) is 0 Å². The van der Waals surface area contributed by atoms with Crippen molar-refractivity contribution < 1.29 is 14.7 Å². The van der Waals surface area contributed by atoms with Gasteiger partial charge in [-0.1, -0.05) is 33.1 Å². The molecule has 0 fully saturated rings. The van der Waals surface area contributed by atoms with Gasteiger partial charge in [-0.15, -0.1) is 0 Å². The lowest BCUT2D eigenvalue weighted by Crippen LogP contribution is -2.40. The van der Waals surface area contributed by atoms with E-state index >= 15 is 0 Å². The van der Waals surface area contributed by atoms with E-state index in [2.05, 4.69) is 12.2 Å². The normalized spacial score (nSPS) is 14.1. The first-order valence-electron chi connectivity index (χ1n) is 6.46. The van der Waals surface area contributed by atoms with Crippen LogP contribution in [0, 0.1) is 5.41 Å². The number of carbonyl (C=O) groups is 2. The number of amides is 1. The largest absolute Gasteiger partial charge is 0.481 e. The number of carboxylic acids is 1. The molecule has 0 aromatic heterocycles. The van der Waals surface area contributed by atoms with Gasteiger partial charge in [-0.25, -0.2) is 0 Å². The van der Waals surface area contributed by atoms with E-state index in [0.717, 1.165) is 25.7 Å². The predicted molar refractivity (Wildman–Crippen MR) is 67.8 cm³/mol. The summed E-state index contributed by atoms with van der Waals surface area (Å²) in [6.07, 6.45) is 5.25. The Morgan fingerprint density at radius 2 is 1.82 bits per heavy atom. The molecule has 0 aromatic carbocycles. The summed E-state index contributed by atoms with van der Waals surface area (Å²) in [5.41, 5.74) is -0.848. The number of hydrogen-bond acceptors (Lipinski definition) is 2. The molecule has 0 aliphatic carbocycles. The Bertz CT molecular complexity index is 253. The second-order valence-electron chi connectivity index (χ2n) is 4.81. The molecule has 4 nitrogen and oxygen atoms in total. The number of hydrogen-bond donors (Lipinski definition) is 2. The van der Waals surface area contributed by atoms with E-state index in [0.29, 0.717) is 12.8 Å². The van der Waals surface area contributed by atoms with Crippen LogP contribution in [0.3, 0.4) is 0 Å². The van der Waals surface area contributed by atoms with Crippen molar-refractivity contribution in [1.29, 1.82) is 0 Å². The van der Waals surface area contributed by atoms with Gasteiger partial charge in [0.25, 0.3) is 0 Å². The Balaban J connectivity index is 3.86. The van der Waals surface area contributed by atoms with Gasteiger partial charge in [0.15, 0.2) is 0 Å². The van der Waals surface area contributed by atoms with Crippen molar-refractivity contribution in [2.24, 2.45) is 5.41 Å². The van der Waals surface area contributed by atoms with Gasteiger partial charge in [0, 0.05) is 13.0 Å². The van der Waals surface area contributed by atoms with Crippen LogP contribution in [0.5, 0.6) is 0 Å². The van der Waals surface area contributed by atoms with Gasteiger partial charge in [0.1, 0.15) is 0 Å². The maximum Gasteiger partial charge on any atom is 0.311 e. The number of carboxylic acid groups (broad SMARTS) is 1. The van der Waals surface area contributed by atoms with Crippen molar-refractivity contribution in [1.82, 2.24) is 5.32 Å². The highest BCUT2D eigenvalue weighted by Crippen LogP contribution is 2.19. The Kier molecular flexibility index (Phi) is 7.59. The molecule has 0 saturated heterocycles. The topological polar surface area (TPSA) is 66.4 Å². The third-order valence-electron chi connectivity index (χ3n) is 3.23. The molecule has 100 valence electrons. The fourth-order valence-electron chi connectivity index (χ4n) is 1.45. The lowest BCUT2D eigenvalue weighted by Gasteiger charge is -2.23. The highest BCUT2D eigenvalue weighted by atomic mass is 16.4. The van der Waals surface area contributed by atoms with Crippen molar-refractivity contribution >= 4 is 11.9 Å². The molecule has 0 aliphatic rings. The summed E-state index contributed by atoms with van der Waals surface area (Å²) < 4.78 is 0. The molecule has 0 bridgehead atoms. The van der Waals surface area contributed by atoms with Crippen LogP contribution in [0.4, 0.5) is 0 Å². The summed E-state index contributed by atoms with van der Waals surface area (Å²) >= 11 is 0. The number of aliphatic carboxylic acids is 1. The second-order valence-corrected chi connectivity index (χ2v) is 4.81. The van der Waals surface area contributed by atoms with Gasteiger partial charge in [-0.05, 0) is 19.8 Å². The third kappa shape index (κ3) is 6.29. The third-order valence-corrected chi connectivity index (χ3v) is 3.23. The lowest BCUT2D eigenvalue weighted by atomic mass is 9.87. The van der Waals surface area contributed by atoms with Gasteiger partial charge in [0.05, 0.1) is 5.41 Å². The van der Waals surface area contributed by atoms with E-state index < -0.39 is 11.4 Å². The average Bonchev–Trinajstić information content (AvgIpc) is 2.31. The Hall–Kier alpha value is -1.06. The van der Waals surface area contributed by atoms with Gasteiger partial charge in [-0.3, -0.25) is 9.59 Å². The van der Waals surface area contributed by atoms with E-state index in [1.54, 1.807) is 6.92 Å². The van der Waals surface area contributed by atoms with E-state index in [9.17, 15) is 9.59 Å². The first kappa shape index (κ1) is 15.9. The van der Waals surface area contributed by atoms with Crippen LogP contribution in [-0.4, -0.2) is 23.5 Å². The van der Waals surface area contributed by atoms with E-state index in [1.807, 2.05) is 6.92 Å². The van der Waals surface area contributed by atoms with Crippen molar-refractivity contribution in [3.05, 3.63) is 0 Å². The van der Waals surface area contributed by atoms with Crippen molar-refractivity contribution in [2.75, 3.05) is 6.54 Å². The average molecular weight is 243 g/mol. The van der Waals surface area contributed by atoms with Crippen LogP contribution in [0.15, 0.2) is 0 Å². The maximum atomic E-state index is 11.5. The molecule has 1 amide bonds. The van der Waals surface area contributed by atoms with Crippen molar-refractivity contribution in [2.45, 2.75) is 59.3 Å². The molecule has 1 unspecified atom stereocenters. The van der Waals surface area contributed by atoms with E-state index in [-0.39, 0.29) is 12.5 Å². The molecule has 4 heteroatoms. The van der Waals surface area contributed by atoms with E-state index in [4.69, 9.17) is 5.11 Å². The molecule has 1 atom stereocenters. The molecule has 0 radical (unpaired) electrons. The van der Waals surface area contributed by atoms with Gasteiger partial charge in [0.2, 0.25) is 5.91 Å². The van der Waals surface area contributed by atoms with Gasteiger partial charge < -0.3 is 10.4 Å². The fraction of sp³-hybridized carbons (Fsp3) is 0.846. The summed E-state index contributed by atoms with van der Waals surface area (Å²) in [5.74, 6) is -0.895. The number of rotatable bonds is 9. The molecule has 0 spiro atoms. The summed E-state index contributed by atoms with van der Waals surface area (Å²) in [6, 6.07) is 0. The summed E-state index contributed by atoms with van der Waals surface area (Å²) in [4.78, 5) is 22.5. The summed E-state index contributed by atoms with van der Waals surface area (Å²) in [5, 5.41) is 11.8. The highest BCUT2D eigenvalue weighted by molar-refractivity contribution is 5.78.